The molecule has 0 N–H and O–H groups in total. The summed E-state index contributed by atoms with van der Waals surface area (Å²) >= 11 is -2.00. The van der Waals surface area contributed by atoms with Crippen LogP contribution in [0, 0.1) is 10.2 Å². The van der Waals surface area contributed by atoms with Crippen molar-refractivity contribution in [2.24, 2.45) is 0 Å². The lowest BCUT2D eigenvalue weighted by Crippen LogP contribution is -2.41. The molecule has 0 aromatic heterocycles. The molecule has 0 unspecified atom stereocenters. The third kappa shape index (κ3) is 1.43. The van der Waals surface area contributed by atoms with Crippen LogP contribution in [0.25, 0.3) is 0 Å². The Labute approximate surface area is 72.0 Å². The first-order valence-corrected chi connectivity index (χ1v) is 5.16. The Bertz CT molecular complexity index is 191. The van der Waals surface area contributed by atoms with Crippen molar-refractivity contribution in [3.8, 4) is 4.93 Å². The molecular weight excluding hydrogens is 157 g/mol. The maximum absolute atomic E-state index is 8.59. The topological polar surface area (TPSA) is 42.2 Å². The van der Waals surface area contributed by atoms with Gasteiger partial charge in [0.25, 0.3) is 0 Å². The van der Waals surface area contributed by atoms with Crippen LogP contribution in [0.5, 0.6) is 0 Å². The van der Waals surface area contributed by atoms with E-state index < -0.39 is 14.8 Å². The Kier molecular flexibility index (Phi) is 2.03. The van der Waals surface area contributed by atoms with E-state index in [1.165, 1.54) is 0 Å². The molecule has 0 aliphatic carbocycles. The van der Waals surface area contributed by atoms with Crippen LogP contribution in [0.15, 0.2) is 0 Å². The SMILES string of the molecule is CC1(C)[O][Al]([C]#N)[O]C1(C)C. The van der Waals surface area contributed by atoms with Crippen LogP contribution >= 0.6 is 0 Å². The van der Waals surface area contributed by atoms with Crippen LogP contribution in [0.3, 0.4) is 0 Å². The highest BCUT2D eigenvalue weighted by Gasteiger charge is 2.54. The molecule has 1 fully saturated rings. The highest BCUT2D eigenvalue weighted by molar-refractivity contribution is 6.54. The second kappa shape index (κ2) is 2.47. The summed E-state index contributed by atoms with van der Waals surface area (Å²) in [4.78, 5) is 2.07. The van der Waals surface area contributed by atoms with E-state index in [-0.39, 0.29) is 11.2 Å². The van der Waals surface area contributed by atoms with E-state index >= 15 is 0 Å². The third-order valence-electron chi connectivity index (χ3n) is 2.36. The summed E-state index contributed by atoms with van der Waals surface area (Å²) in [6, 6.07) is 0. The Morgan fingerprint density at radius 3 is 1.64 bits per heavy atom. The second-order valence-electron chi connectivity index (χ2n) is 3.72. The quantitative estimate of drug-likeness (QED) is 0.510. The van der Waals surface area contributed by atoms with E-state index in [4.69, 9.17) is 12.8 Å². The van der Waals surface area contributed by atoms with E-state index in [1.807, 2.05) is 27.7 Å². The molecule has 0 atom stereocenters. The van der Waals surface area contributed by atoms with Crippen molar-refractivity contribution in [2.45, 2.75) is 38.9 Å². The summed E-state index contributed by atoms with van der Waals surface area (Å²) in [6.45, 7) is 7.82. The van der Waals surface area contributed by atoms with Gasteiger partial charge in [-0.25, -0.2) is 5.26 Å². The Balaban J connectivity index is 2.82. The molecule has 1 aliphatic heterocycles. The highest BCUT2D eigenvalue weighted by atomic mass is 27.2. The standard InChI is InChI=1S/C6H12O2.CN.Al/c1-5(2,7)6(3,4)8;1-2;/h1-4H3;;/q-2;;+2. The summed E-state index contributed by atoms with van der Waals surface area (Å²) in [6.07, 6.45) is 0. The lowest BCUT2D eigenvalue weighted by molar-refractivity contribution is 0.00578. The highest BCUT2D eigenvalue weighted by Crippen LogP contribution is 2.36. The molecule has 60 valence electrons. The van der Waals surface area contributed by atoms with Gasteiger partial charge in [0, 0.05) is 4.93 Å². The number of nitrogens with zero attached hydrogens (tertiary/aromatic N) is 1. The molecule has 0 saturated carbocycles. The van der Waals surface area contributed by atoms with Crippen molar-refractivity contribution in [2.75, 3.05) is 0 Å². The molecule has 4 heteroatoms. The minimum atomic E-state index is -2.00. The minimum Gasteiger partial charge on any atom is -0.461 e. The van der Waals surface area contributed by atoms with Gasteiger partial charge in [-0.1, -0.05) is 0 Å². The molecule has 3 nitrogen and oxygen atoms in total. The van der Waals surface area contributed by atoms with Crippen LogP contribution < -0.4 is 0 Å². The normalized spacial score (nSPS) is 26.6. The van der Waals surface area contributed by atoms with E-state index in [9.17, 15) is 0 Å². The van der Waals surface area contributed by atoms with Gasteiger partial charge in [0.1, 0.15) is 0 Å². The second-order valence-corrected chi connectivity index (χ2v) is 5.11. The first kappa shape index (κ1) is 9.03. The maximum atomic E-state index is 8.59. The average molecular weight is 169 g/mol. The zero-order chi connectivity index (χ0) is 8.70. The Hall–Kier alpha value is -0.0575. The zero-order valence-corrected chi connectivity index (χ0v) is 8.50. The molecule has 0 spiro atoms. The van der Waals surface area contributed by atoms with Gasteiger partial charge in [0.05, 0.1) is 11.2 Å². The van der Waals surface area contributed by atoms with Crippen molar-refractivity contribution < 1.29 is 7.58 Å². The van der Waals surface area contributed by atoms with E-state index in [0.717, 1.165) is 0 Å². The molecule has 0 aromatic rings. The summed E-state index contributed by atoms with van der Waals surface area (Å²) in [5.74, 6) is 0. The molecule has 0 amide bonds. The van der Waals surface area contributed by atoms with Gasteiger partial charge in [0.2, 0.25) is 0 Å². The fourth-order valence-electron chi connectivity index (χ4n) is 0.896. The lowest BCUT2D eigenvalue weighted by Gasteiger charge is -2.34. The number of hydrogen-bond donors (Lipinski definition) is 0. The third-order valence-corrected chi connectivity index (χ3v) is 4.18. The molecule has 0 aromatic carbocycles. The molecule has 1 aliphatic rings. The zero-order valence-electron chi connectivity index (χ0n) is 7.34. The molecule has 1 rings (SSSR count). The van der Waals surface area contributed by atoms with Crippen molar-refractivity contribution >= 4 is 14.8 Å². The average Bonchev–Trinajstić information content (AvgIpc) is 2.03. The van der Waals surface area contributed by atoms with Crippen LogP contribution in [0.1, 0.15) is 27.7 Å². The van der Waals surface area contributed by atoms with E-state index in [0.29, 0.717) is 0 Å². The maximum Gasteiger partial charge on any atom is 0.817 e. The van der Waals surface area contributed by atoms with Gasteiger partial charge in [-0.05, 0) is 27.7 Å². The van der Waals surface area contributed by atoms with Crippen molar-refractivity contribution in [1.29, 1.82) is 5.26 Å². The van der Waals surface area contributed by atoms with Gasteiger partial charge in [0.15, 0.2) is 0 Å². The summed E-state index contributed by atoms with van der Waals surface area (Å²) < 4.78 is 10.9. The summed E-state index contributed by atoms with van der Waals surface area (Å²) in [7, 11) is 0. The number of rotatable bonds is 0. The summed E-state index contributed by atoms with van der Waals surface area (Å²) in [5, 5.41) is 8.59. The molecule has 1 heterocycles. The first-order chi connectivity index (χ1) is 4.89. The van der Waals surface area contributed by atoms with E-state index in [2.05, 4.69) is 4.93 Å². The fraction of sp³-hybridized carbons (Fsp3) is 0.857. The lowest BCUT2D eigenvalue weighted by atomic mass is 9.90. The monoisotopic (exact) mass is 169 g/mol. The van der Waals surface area contributed by atoms with E-state index in [1.54, 1.807) is 0 Å². The van der Waals surface area contributed by atoms with Crippen molar-refractivity contribution in [3.05, 3.63) is 0 Å². The smallest absolute Gasteiger partial charge is 0.461 e. The summed E-state index contributed by atoms with van der Waals surface area (Å²) in [5.41, 5.74) is -0.640. The van der Waals surface area contributed by atoms with Gasteiger partial charge in [-0.15, -0.1) is 0 Å². The minimum absolute atomic E-state index is 0.320. The predicted octanol–water partition coefficient (Wildman–Crippen LogP) is 1.14. The number of hydrogen-bond acceptors (Lipinski definition) is 3. The van der Waals surface area contributed by atoms with Gasteiger partial charge >= 0.3 is 14.8 Å². The predicted molar refractivity (Wildman–Crippen MR) is 41.7 cm³/mol. The van der Waals surface area contributed by atoms with Crippen LogP contribution in [0.4, 0.5) is 0 Å². The number of nitriles is 1. The van der Waals surface area contributed by atoms with Gasteiger partial charge in [-0.3, -0.25) is 0 Å². The van der Waals surface area contributed by atoms with Crippen molar-refractivity contribution in [1.82, 2.24) is 0 Å². The molecular formula is C7H12AlNO2. The first-order valence-electron chi connectivity index (χ1n) is 3.64. The van der Waals surface area contributed by atoms with Crippen LogP contribution in [-0.4, -0.2) is 26.0 Å². The Morgan fingerprint density at radius 2 is 1.45 bits per heavy atom. The Morgan fingerprint density at radius 1 is 1.09 bits per heavy atom. The molecule has 0 radical (unpaired) electrons. The fourth-order valence-corrected chi connectivity index (χ4v) is 2.69. The van der Waals surface area contributed by atoms with Crippen LogP contribution in [-0.2, 0) is 7.58 Å². The van der Waals surface area contributed by atoms with Crippen LogP contribution in [0.2, 0.25) is 0 Å². The van der Waals surface area contributed by atoms with Gasteiger partial charge in [-0.2, -0.15) is 0 Å². The molecule has 1 saturated heterocycles. The largest absolute Gasteiger partial charge is 0.817 e. The molecule has 0 bridgehead atoms. The van der Waals surface area contributed by atoms with Crippen molar-refractivity contribution in [3.63, 3.8) is 0 Å². The molecule has 11 heavy (non-hydrogen) atoms. The van der Waals surface area contributed by atoms with Gasteiger partial charge < -0.3 is 7.58 Å².